The lowest BCUT2D eigenvalue weighted by molar-refractivity contribution is -0.135. The Balaban J connectivity index is 1.36. The van der Waals surface area contributed by atoms with Gasteiger partial charge in [0.25, 0.3) is 5.91 Å². The van der Waals surface area contributed by atoms with Gasteiger partial charge in [-0.05, 0) is 73.9 Å². The Labute approximate surface area is 216 Å². The summed E-state index contributed by atoms with van der Waals surface area (Å²) in [6.45, 7) is 5.16. The van der Waals surface area contributed by atoms with Gasteiger partial charge in [-0.25, -0.2) is 0 Å². The molecule has 1 aliphatic heterocycles. The van der Waals surface area contributed by atoms with E-state index in [1.807, 2.05) is 36.1 Å². The van der Waals surface area contributed by atoms with Gasteiger partial charge in [0.1, 0.15) is 24.7 Å². The van der Waals surface area contributed by atoms with E-state index >= 15 is 0 Å². The zero-order valence-corrected chi connectivity index (χ0v) is 21.8. The Morgan fingerprint density at radius 2 is 1.89 bits per heavy atom. The van der Waals surface area contributed by atoms with Gasteiger partial charge in [-0.3, -0.25) is 9.59 Å². The molecule has 1 fully saturated rings. The Bertz CT molecular complexity index is 1270. The van der Waals surface area contributed by atoms with E-state index < -0.39 is 0 Å². The van der Waals surface area contributed by atoms with E-state index in [0.29, 0.717) is 24.5 Å². The van der Waals surface area contributed by atoms with Crippen LogP contribution in [0.4, 0.5) is 0 Å². The van der Waals surface area contributed by atoms with Crippen LogP contribution in [0.15, 0.2) is 53.9 Å². The molecule has 1 aromatic heterocycles. The fourth-order valence-electron chi connectivity index (χ4n) is 4.97. The van der Waals surface area contributed by atoms with E-state index in [4.69, 9.17) is 9.47 Å². The van der Waals surface area contributed by atoms with Crippen LogP contribution in [0.5, 0.6) is 11.5 Å². The van der Waals surface area contributed by atoms with Gasteiger partial charge in [-0.2, -0.15) is 0 Å². The van der Waals surface area contributed by atoms with Crippen molar-refractivity contribution < 1.29 is 19.1 Å². The van der Waals surface area contributed by atoms with Crippen LogP contribution in [0, 0.1) is 13.8 Å². The number of amides is 2. The summed E-state index contributed by atoms with van der Waals surface area (Å²) in [4.78, 5) is 32.2. The lowest BCUT2D eigenvalue weighted by Gasteiger charge is -2.37. The maximum absolute atomic E-state index is 13.7. The molecule has 188 valence electrons. The number of rotatable bonds is 8. The molecule has 0 radical (unpaired) electrons. The van der Waals surface area contributed by atoms with Crippen molar-refractivity contribution in [2.75, 3.05) is 26.8 Å². The SMILES string of the molecule is COc1ccccc1C(=O)N(CC(=O)N1CCc2sccc2[C@H]1COc1ccc(C)cc1C)C1CC1. The first-order valence-corrected chi connectivity index (χ1v) is 13.3. The lowest BCUT2D eigenvalue weighted by atomic mass is 10.00. The average molecular weight is 505 g/mol. The summed E-state index contributed by atoms with van der Waals surface area (Å²) in [5.74, 6) is 1.17. The molecule has 0 N–H and O–H groups in total. The summed E-state index contributed by atoms with van der Waals surface area (Å²) in [6, 6.07) is 15.4. The quantitative estimate of drug-likeness (QED) is 0.424. The topological polar surface area (TPSA) is 59.1 Å². The van der Waals surface area contributed by atoms with E-state index in [1.54, 1.807) is 35.5 Å². The van der Waals surface area contributed by atoms with Crippen LogP contribution in [0.3, 0.4) is 0 Å². The monoisotopic (exact) mass is 504 g/mol. The van der Waals surface area contributed by atoms with Crippen molar-refractivity contribution in [2.24, 2.45) is 0 Å². The molecule has 5 rings (SSSR count). The Kier molecular flexibility index (Phi) is 7.01. The molecule has 0 saturated heterocycles. The number of thiophene rings is 1. The number of hydrogen-bond acceptors (Lipinski definition) is 5. The first kappa shape index (κ1) is 24.4. The minimum Gasteiger partial charge on any atom is -0.496 e. The maximum atomic E-state index is 13.7. The van der Waals surface area contributed by atoms with Crippen LogP contribution >= 0.6 is 11.3 Å². The highest BCUT2D eigenvalue weighted by atomic mass is 32.1. The summed E-state index contributed by atoms with van der Waals surface area (Å²) in [5.41, 5.74) is 3.91. The van der Waals surface area contributed by atoms with Crippen LogP contribution in [0.25, 0.3) is 0 Å². The second kappa shape index (κ2) is 10.3. The fraction of sp³-hybridized carbons (Fsp3) is 0.379. The molecule has 6 nitrogen and oxygen atoms in total. The lowest BCUT2D eigenvalue weighted by Crippen LogP contribution is -2.48. The molecular weight excluding hydrogens is 472 g/mol. The number of ether oxygens (including phenoxy) is 2. The molecule has 1 saturated carbocycles. The Morgan fingerprint density at radius 1 is 1.08 bits per heavy atom. The number of carbonyl (C=O) groups is 2. The van der Waals surface area contributed by atoms with Gasteiger partial charge in [0.15, 0.2) is 0 Å². The molecular formula is C29H32N2O4S. The van der Waals surface area contributed by atoms with Gasteiger partial charge in [0.2, 0.25) is 5.91 Å². The molecule has 2 amide bonds. The second-order valence-corrected chi connectivity index (χ2v) is 10.6. The first-order valence-electron chi connectivity index (χ1n) is 12.5. The van der Waals surface area contributed by atoms with Crippen LogP contribution in [0.1, 0.15) is 50.8 Å². The number of benzene rings is 2. The van der Waals surface area contributed by atoms with Gasteiger partial charge in [0, 0.05) is 17.5 Å². The summed E-state index contributed by atoms with van der Waals surface area (Å²) >= 11 is 1.73. The van der Waals surface area contributed by atoms with E-state index in [0.717, 1.165) is 36.1 Å². The van der Waals surface area contributed by atoms with Crippen molar-refractivity contribution in [2.45, 2.75) is 45.2 Å². The zero-order chi connectivity index (χ0) is 25.2. The standard InChI is InChI=1S/C29H32N2O4S/c1-19-8-11-25(20(2)16-19)35-18-24-22-13-15-36-27(22)12-14-30(24)28(32)17-31(21-9-10-21)29(33)23-6-4-5-7-26(23)34-3/h4-8,11,13,15-16,21,24H,9-10,12,14,17-18H2,1-3H3/t24-/m1/s1. The maximum Gasteiger partial charge on any atom is 0.258 e. The first-order chi connectivity index (χ1) is 17.5. The van der Waals surface area contributed by atoms with Crippen molar-refractivity contribution >= 4 is 23.2 Å². The van der Waals surface area contributed by atoms with Gasteiger partial charge < -0.3 is 19.3 Å². The van der Waals surface area contributed by atoms with E-state index in [-0.39, 0.29) is 30.4 Å². The number of carbonyl (C=O) groups excluding carboxylic acids is 2. The van der Waals surface area contributed by atoms with Crippen molar-refractivity contribution in [3.8, 4) is 11.5 Å². The summed E-state index contributed by atoms with van der Waals surface area (Å²) in [5, 5.41) is 2.09. The third kappa shape index (κ3) is 4.98. The predicted octanol–water partition coefficient (Wildman–Crippen LogP) is 5.18. The molecule has 0 spiro atoms. The molecule has 3 aromatic rings. The molecule has 2 aromatic carbocycles. The molecule has 36 heavy (non-hydrogen) atoms. The van der Waals surface area contributed by atoms with Crippen molar-refractivity contribution in [3.05, 3.63) is 81.0 Å². The van der Waals surface area contributed by atoms with E-state index in [1.165, 1.54) is 10.4 Å². The van der Waals surface area contributed by atoms with E-state index in [2.05, 4.69) is 24.4 Å². The molecule has 1 aliphatic carbocycles. The molecule has 7 heteroatoms. The number of methoxy groups -OCH3 is 1. The van der Waals surface area contributed by atoms with Crippen molar-refractivity contribution in [1.82, 2.24) is 9.80 Å². The second-order valence-electron chi connectivity index (χ2n) is 9.60. The number of fused-ring (bicyclic) bond motifs is 1. The van der Waals surface area contributed by atoms with Gasteiger partial charge in [-0.1, -0.05) is 29.8 Å². The highest BCUT2D eigenvalue weighted by Gasteiger charge is 2.38. The largest absolute Gasteiger partial charge is 0.496 e. The van der Waals surface area contributed by atoms with Crippen LogP contribution in [0.2, 0.25) is 0 Å². The number of nitrogens with zero attached hydrogens (tertiary/aromatic N) is 2. The summed E-state index contributed by atoms with van der Waals surface area (Å²) < 4.78 is 11.7. The molecule has 0 unspecified atom stereocenters. The number of hydrogen-bond donors (Lipinski definition) is 0. The van der Waals surface area contributed by atoms with Gasteiger partial charge in [-0.15, -0.1) is 11.3 Å². The third-order valence-corrected chi connectivity index (χ3v) is 8.03. The van der Waals surface area contributed by atoms with E-state index in [9.17, 15) is 9.59 Å². The average Bonchev–Trinajstić information content (AvgIpc) is 3.61. The number of aryl methyl sites for hydroxylation is 2. The third-order valence-electron chi connectivity index (χ3n) is 7.03. The minimum atomic E-state index is -0.185. The van der Waals surface area contributed by atoms with Crippen molar-refractivity contribution in [3.63, 3.8) is 0 Å². The fourth-order valence-corrected chi connectivity index (χ4v) is 5.90. The van der Waals surface area contributed by atoms with Crippen LogP contribution in [-0.4, -0.2) is 54.5 Å². The highest BCUT2D eigenvalue weighted by Crippen LogP contribution is 2.36. The minimum absolute atomic E-state index is 0.0452. The zero-order valence-electron chi connectivity index (χ0n) is 21.0. The van der Waals surface area contributed by atoms with Crippen molar-refractivity contribution in [1.29, 1.82) is 0 Å². The summed E-state index contributed by atoms with van der Waals surface area (Å²) in [6.07, 6.45) is 2.66. The molecule has 2 aliphatic rings. The normalized spacial score (nSPS) is 16.9. The molecule has 2 heterocycles. The smallest absolute Gasteiger partial charge is 0.258 e. The molecule has 1 atom stereocenters. The van der Waals surface area contributed by atoms with Gasteiger partial charge >= 0.3 is 0 Å². The Morgan fingerprint density at radius 3 is 2.64 bits per heavy atom. The number of para-hydroxylation sites is 1. The highest BCUT2D eigenvalue weighted by molar-refractivity contribution is 7.10. The van der Waals surface area contributed by atoms with Gasteiger partial charge in [0.05, 0.1) is 18.7 Å². The predicted molar refractivity (Wildman–Crippen MR) is 141 cm³/mol. The van der Waals surface area contributed by atoms with Crippen LogP contribution < -0.4 is 9.47 Å². The van der Waals surface area contributed by atoms with Crippen LogP contribution in [-0.2, 0) is 11.2 Å². The molecule has 0 bridgehead atoms. The summed E-state index contributed by atoms with van der Waals surface area (Å²) in [7, 11) is 1.56. The Hall–Kier alpha value is -3.32.